The molecule has 5 heteroatoms. The molecule has 0 aliphatic heterocycles. The summed E-state index contributed by atoms with van der Waals surface area (Å²) >= 11 is 3.34. The fourth-order valence-corrected chi connectivity index (χ4v) is 1.83. The maximum absolute atomic E-state index is 12.0. The van der Waals surface area contributed by atoms with Gasteiger partial charge < -0.3 is 0 Å². The number of hydrogen-bond acceptors (Lipinski definition) is 3. The van der Waals surface area contributed by atoms with Crippen molar-refractivity contribution >= 4 is 21.7 Å². The molecule has 0 saturated carbocycles. The van der Waals surface area contributed by atoms with Gasteiger partial charge >= 0.3 is 0 Å². The normalized spacial score (nSPS) is 10.5. The molecule has 88 valence electrons. The Hall–Kier alpha value is -1.49. The van der Waals surface area contributed by atoms with E-state index in [1.807, 2.05) is 19.1 Å². The van der Waals surface area contributed by atoms with Crippen LogP contribution in [0.15, 0.2) is 35.1 Å². The number of aryl methyl sites for hydroxylation is 1. The van der Waals surface area contributed by atoms with E-state index >= 15 is 0 Å². The maximum Gasteiger partial charge on any atom is 0.170 e. The summed E-state index contributed by atoms with van der Waals surface area (Å²) < 4.78 is 2.70. The molecule has 1 aromatic carbocycles. The molecule has 0 bridgehead atoms. The van der Waals surface area contributed by atoms with Crippen molar-refractivity contribution in [3.63, 3.8) is 0 Å². The molecule has 2 aromatic rings. The van der Waals surface area contributed by atoms with Gasteiger partial charge in [-0.3, -0.25) is 4.79 Å². The lowest BCUT2D eigenvalue weighted by atomic mass is 10.1. The summed E-state index contributed by atoms with van der Waals surface area (Å²) in [6, 6.07) is 7.33. The lowest BCUT2D eigenvalue weighted by Gasteiger charge is -2.02. The molecule has 0 spiro atoms. The van der Waals surface area contributed by atoms with Gasteiger partial charge in [-0.25, -0.2) is 9.67 Å². The van der Waals surface area contributed by atoms with Crippen LogP contribution in [0.1, 0.15) is 23.1 Å². The summed E-state index contributed by atoms with van der Waals surface area (Å²) in [5.74, 6) is 0.764. The molecule has 1 heterocycles. The van der Waals surface area contributed by atoms with Gasteiger partial charge in [0.15, 0.2) is 5.78 Å². The van der Waals surface area contributed by atoms with Crippen LogP contribution < -0.4 is 0 Å². The van der Waals surface area contributed by atoms with Crippen LogP contribution in [0.2, 0.25) is 0 Å². The first-order chi connectivity index (χ1) is 8.20. The number of ketones is 1. The number of benzene rings is 1. The number of halogens is 1. The SMILES string of the molecule is CCn1ncnc1CC(=O)c1ccc(Br)cc1. The summed E-state index contributed by atoms with van der Waals surface area (Å²) in [6.45, 7) is 2.70. The Morgan fingerprint density at radius 2 is 2.06 bits per heavy atom. The Kier molecular flexibility index (Phi) is 3.68. The lowest BCUT2D eigenvalue weighted by Crippen LogP contribution is -2.10. The molecule has 0 saturated heterocycles. The van der Waals surface area contributed by atoms with Crippen LogP contribution in [0.5, 0.6) is 0 Å². The molecule has 4 nitrogen and oxygen atoms in total. The highest BCUT2D eigenvalue weighted by molar-refractivity contribution is 9.10. The maximum atomic E-state index is 12.0. The fraction of sp³-hybridized carbons (Fsp3) is 0.250. The average molecular weight is 294 g/mol. The molecule has 0 aliphatic rings. The monoisotopic (exact) mass is 293 g/mol. The van der Waals surface area contributed by atoms with Crippen molar-refractivity contribution in [2.45, 2.75) is 19.9 Å². The van der Waals surface area contributed by atoms with Gasteiger partial charge in [-0.2, -0.15) is 5.10 Å². The highest BCUT2D eigenvalue weighted by atomic mass is 79.9. The van der Waals surface area contributed by atoms with Crippen molar-refractivity contribution < 1.29 is 4.79 Å². The van der Waals surface area contributed by atoms with Crippen LogP contribution in [0.4, 0.5) is 0 Å². The van der Waals surface area contributed by atoms with E-state index in [0.717, 1.165) is 11.0 Å². The van der Waals surface area contributed by atoms with Gasteiger partial charge in [-0.05, 0) is 19.1 Å². The van der Waals surface area contributed by atoms with Crippen molar-refractivity contribution in [3.05, 3.63) is 46.5 Å². The van der Waals surface area contributed by atoms with E-state index < -0.39 is 0 Å². The van der Waals surface area contributed by atoms with E-state index in [0.29, 0.717) is 11.4 Å². The van der Waals surface area contributed by atoms with Gasteiger partial charge in [-0.15, -0.1) is 0 Å². The number of nitrogens with zero attached hydrogens (tertiary/aromatic N) is 3. The van der Waals surface area contributed by atoms with Crippen molar-refractivity contribution in [2.75, 3.05) is 0 Å². The number of aromatic nitrogens is 3. The van der Waals surface area contributed by atoms with E-state index in [4.69, 9.17) is 0 Å². The van der Waals surface area contributed by atoms with Crippen LogP contribution in [-0.4, -0.2) is 20.5 Å². The Bertz CT molecular complexity index is 519. The first-order valence-electron chi connectivity index (χ1n) is 5.36. The van der Waals surface area contributed by atoms with Gasteiger partial charge in [0, 0.05) is 16.6 Å². The number of carbonyl (C=O) groups is 1. The molecule has 0 atom stereocenters. The molecule has 2 rings (SSSR count). The average Bonchev–Trinajstić information content (AvgIpc) is 2.77. The Morgan fingerprint density at radius 1 is 1.35 bits per heavy atom. The predicted octanol–water partition coefficient (Wildman–Crippen LogP) is 2.49. The number of rotatable bonds is 4. The smallest absolute Gasteiger partial charge is 0.170 e. The number of hydrogen-bond donors (Lipinski definition) is 0. The standard InChI is InChI=1S/C12H12BrN3O/c1-2-16-12(14-8-15-16)7-11(17)9-3-5-10(13)6-4-9/h3-6,8H,2,7H2,1H3. The van der Waals surface area contributed by atoms with E-state index in [1.165, 1.54) is 6.33 Å². The fourth-order valence-electron chi connectivity index (χ4n) is 1.57. The van der Waals surface area contributed by atoms with Crippen LogP contribution in [0, 0.1) is 0 Å². The van der Waals surface area contributed by atoms with Gasteiger partial charge in [0.2, 0.25) is 0 Å². The molecular weight excluding hydrogens is 282 g/mol. The zero-order valence-electron chi connectivity index (χ0n) is 9.43. The van der Waals surface area contributed by atoms with Gasteiger partial charge in [0.1, 0.15) is 12.2 Å². The minimum absolute atomic E-state index is 0.0557. The first kappa shape index (κ1) is 12.0. The van der Waals surface area contributed by atoms with Crippen LogP contribution in [-0.2, 0) is 13.0 Å². The molecule has 0 fully saturated rings. The van der Waals surface area contributed by atoms with Crippen molar-refractivity contribution in [1.82, 2.24) is 14.8 Å². The van der Waals surface area contributed by atoms with Crippen molar-refractivity contribution in [3.8, 4) is 0 Å². The van der Waals surface area contributed by atoms with Gasteiger partial charge in [0.05, 0.1) is 6.42 Å². The summed E-state index contributed by atoms with van der Waals surface area (Å²) in [7, 11) is 0. The van der Waals surface area contributed by atoms with E-state index in [1.54, 1.807) is 16.8 Å². The number of carbonyl (C=O) groups excluding carboxylic acids is 1. The van der Waals surface area contributed by atoms with Crippen molar-refractivity contribution in [2.24, 2.45) is 0 Å². The molecule has 17 heavy (non-hydrogen) atoms. The van der Waals surface area contributed by atoms with Crippen LogP contribution >= 0.6 is 15.9 Å². The van der Waals surface area contributed by atoms with E-state index in [9.17, 15) is 4.79 Å². The second kappa shape index (κ2) is 5.23. The Balaban J connectivity index is 2.14. The summed E-state index contributed by atoms with van der Waals surface area (Å²) in [6.07, 6.45) is 1.77. The largest absolute Gasteiger partial charge is 0.294 e. The van der Waals surface area contributed by atoms with E-state index in [2.05, 4.69) is 26.0 Å². The molecular formula is C12H12BrN3O. The summed E-state index contributed by atoms with van der Waals surface area (Å²) in [5, 5.41) is 4.04. The van der Waals surface area contributed by atoms with Crippen LogP contribution in [0.25, 0.3) is 0 Å². The summed E-state index contributed by atoms with van der Waals surface area (Å²) in [5.41, 5.74) is 0.693. The molecule has 0 aliphatic carbocycles. The lowest BCUT2D eigenvalue weighted by molar-refractivity contribution is 0.0989. The zero-order valence-corrected chi connectivity index (χ0v) is 11.0. The topological polar surface area (TPSA) is 47.8 Å². The zero-order chi connectivity index (χ0) is 12.3. The quantitative estimate of drug-likeness (QED) is 0.814. The Labute approximate surface area is 108 Å². The molecule has 0 amide bonds. The van der Waals surface area contributed by atoms with Gasteiger partial charge in [0.25, 0.3) is 0 Å². The van der Waals surface area contributed by atoms with Crippen molar-refractivity contribution in [1.29, 1.82) is 0 Å². The third kappa shape index (κ3) is 2.79. The second-order valence-corrected chi connectivity index (χ2v) is 4.51. The highest BCUT2D eigenvalue weighted by Crippen LogP contribution is 2.12. The first-order valence-corrected chi connectivity index (χ1v) is 6.15. The van der Waals surface area contributed by atoms with Gasteiger partial charge in [-0.1, -0.05) is 28.1 Å². The van der Waals surface area contributed by atoms with Crippen LogP contribution in [0.3, 0.4) is 0 Å². The minimum atomic E-state index is 0.0557. The Morgan fingerprint density at radius 3 is 2.71 bits per heavy atom. The molecule has 0 radical (unpaired) electrons. The third-order valence-electron chi connectivity index (χ3n) is 2.48. The minimum Gasteiger partial charge on any atom is -0.294 e. The summed E-state index contributed by atoms with van der Waals surface area (Å²) in [4.78, 5) is 16.1. The number of Topliss-reactive ketones (excluding diaryl/α,β-unsaturated/α-hetero) is 1. The molecule has 0 unspecified atom stereocenters. The predicted molar refractivity (Wildman–Crippen MR) is 67.9 cm³/mol. The third-order valence-corrected chi connectivity index (χ3v) is 3.01. The molecule has 1 aromatic heterocycles. The second-order valence-electron chi connectivity index (χ2n) is 3.60. The highest BCUT2D eigenvalue weighted by Gasteiger charge is 2.11. The molecule has 0 N–H and O–H groups in total. The van der Waals surface area contributed by atoms with E-state index in [-0.39, 0.29) is 12.2 Å².